The van der Waals surface area contributed by atoms with Gasteiger partial charge in [0.05, 0.1) is 6.42 Å². The lowest BCUT2D eigenvalue weighted by atomic mass is 10.0. The van der Waals surface area contributed by atoms with Gasteiger partial charge in [-0.1, -0.05) is 12.1 Å². The highest BCUT2D eigenvalue weighted by molar-refractivity contribution is 7.10. The molecule has 3 nitrogen and oxygen atoms in total. The van der Waals surface area contributed by atoms with E-state index >= 15 is 0 Å². The second kappa shape index (κ2) is 7.76. The number of halogens is 1. The molecule has 5 heteroatoms. The topological polar surface area (TPSA) is 32.3 Å². The highest BCUT2D eigenvalue weighted by Gasteiger charge is 2.19. The summed E-state index contributed by atoms with van der Waals surface area (Å²) in [4.78, 5) is 16.3. The quantitative estimate of drug-likeness (QED) is 0.656. The number of rotatable bonds is 4. The van der Waals surface area contributed by atoms with Crippen molar-refractivity contribution >= 4 is 28.6 Å². The average molecular weight is 395 g/mol. The van der Waals surface area contributed by atoms with Gasteiger partial charge < -0.3 is 10.2 Å². The zero-order valence-electron chi connectivity index (χ0n) is 16.1. The van der Waals surface area contributed by atoms with Crippen molar-refractivity contribution in [2.75, 3.05) is 16.8 Å². The molecule has 3 aromatic rings. The lowest BCUT2D eigenvalue weighted by Crippen LogP contribution is -2.29. The van der Waals surface area contributed by atoms with E-state index in [1.165, 1.54) is 28.3 Å². The van der Waals surface area contributed by atoms with Gasteiger partial charge in [0.1, 0.15) is 5.82 Å². The largest absolute Gasteiger partial charge is 0.367 e. The maximum atomic E-state index is 13.0. The third kappa shape index (κ3) is 3.94. The number of aryl methyl sites for hydroxylation is 2. The molecule has 144 valence electrons. The number of hydrogen-bond acceptors (Lipinski definition) is 3. The molecule has 0 spiro atoms. The number of carbonyl (C=O) groups is 1. The first kappa shape index (κ1) is 18.7. The van der Waals surface area contributed by atoms with E-state index in [0.717, 1.165) is 41.9 Å². The number of thiophene rings is 1. The molecule has 0 saturated carbocycles. The van der Waals surface area contributed by atoms with E-state index in [1.807, 2.05) is 25.2 Å². The first-order chi connectivity index (χ1) is 13.5. The van der Waals surface area contributed by atoms with E-state index in [4.69, 9.17) is 0 Å². The Kier molecular flexibility index (Phi) is 5.18. The van der Waals surface area contributed by atoms with Crippen LogP contribution in [0, 0.1) is 19.7 Å². The molecule has 0 fully saturated rings. The summed E-state index contributed by atoms with van der Waals surface area (Å²) in [7, 11) is 0. The third-order valence-electron chi connectivity index (χ3n) is 5.23. The molecular weight excluding hydrogens is 371 g/mol. The van der Waals surface area contributed by atoms with Gasteiger partial charge in [0.2, 0.25) is 5.91 Å². The lowest BCUT2D eigenvalue weighted by Gasteiger charge is -2.30. The second-order valence-electron chi connectivity index (χ2n) is 7.35. The van der Waals surface area contributed by atoms with E-state index in [1.54, 1.807) is 12.1 Å². The number of nitrogens with one attached hydrogen (secondary N) is 1. The first-order valence-corrected chi connectivity index (χ1v) is 10.3. The Hall–Kier alpha value is -2.66. The molecule has 1 amide bonds. The van der Waals surface area contributed by atoms with Crippen molar-refractivity contribution in [3.8, 4) is 0 Å². The predicted molar refractivity (Wildman–Crippen MR) is 114 cm³/mol. The van der Waals surface area contributed by atoms with Gasteiger partial charge in [0, 0.05) is 29.3 Å². The van der Waals surface area contributed by atoms with Gasteiger partial charge in [-0.3, -0.25) is 4.79 Å². The fraction of sp³-hybridized carbons (Fsp3) is 0.261. The van der Waals surface area contributed by atoms with Crippen LogP contribution in [-0.2, 0) is 24.2 Å². The zero-order valence-corrected chi connectivity index (χ0v) is 16.9. The summed E-state index contributed by atoms with van der Waals surface area (Å²) in [6.07, 6.45) is 1.31. The van der Waals surface area contributed by atoms with E-state index in [0.29, 0.717) is 0 Å². The van der Waals surface area contributed by atoms with E-state index in [-0.39, 0.29) is 18.1 Å². The van der Waals surface area contributed by atoms with Crippen LogP contribution < -0.4 is 10.2 Å². The summed E-state index contributed by atoms with van der Waals surface area (Å²) in [6, 6.07) is 12.6. The standard InChI is InChI=1S/C23H23FN2OS/c1-15-11-20(26-9-7-21-18(14-26)8-10-28-21)12-16(2)23(15)25-22(27)13-17-3-5-19(24)6-4-17/h3-6,8,10-12H,7,9,13-14H2,1-2H3,(H,25,27). The maximum Gasteiger partial charge on any atom is 0.228 e. The van der Waals surface area contributed by atoms with Crippen LogP contribution in [0.5, 0.6) is 0 Å². The molecule has 1 N–H and O–H groups in total. The highest BCUT2D eigenvalue weighted by Crippen LogP contribution is 2.32. The number of benzene rings is 2. The number of hydrogen-bond donors (Lipinski definition) is 1. The summed E-state index contributed by atoms with van der Waals surface area (Å²) in [5.41, 5.74) is 6.39. The van der Waals surface area contributed by atoms with Crippen molar-refractivity contribution in [2.24, 2.45) is 0 Å². The molecule has 28 heavy (non-hydrogen) atoms. The van der Waals surface area contributed by atoms with Gasteiger partial charge in [-0.25, -0.2) is 4.39 Å². The van der Waals surface area contributed by atoms with Gasteiger partial charge >= 0.3 is 0 Å². The van der Waals surface area contributed by atoms with Crippen LogP contribution >= 0.6 is 11.3 Å². The van der Waals surface area contributed by atoms with Gasteiger partial charge in [-0.2, -0.15) is 0 Å². The van der Waals surface area contributed by atoms with Gasteiger partial charge in [0.15, 0.2) is 0 Å². The van der Waals surface area contributed by atoms with Crippen LogP contribution in [0.2, 0.25) is 0 Å². The monoisotopic (exact) mass is 394 g/mol. The van der Waals surface area contributed by atoms with Crippen LogP contribution in [0.3, 0.4) is 0 Å². The molecule has 0 radical (unpaired) electrons. The molecule has 0 atom stereocenters. The molecule has 2 aromatic carbocycles. The lowest BCUT2D eigenvalue weighted by molar-refractivity contribution is -0.115. The first-order valence-electron chi connectivity index (χ1n) is 9.45. The number of amides is 1. The van der Waals surface area contributed by atoms with Gasteiger partial charge in [-0.15, -0.1) is 11.3 Å². The van der Waals surface area contributed by atoms with E-state index < -0.39 is 0 Å². The zero-order chi connectivity index (χ0) is 19.7. The van der Waals surface area contributed by atoms with Crippen molar-refractivity contribution in [1.82, 2.24) is 0 Å². The Bertz CT molecular complexity index is 987. The van der Waals surface area contributed by atoms with Crippen LogP contribution in [0.1, 0.15) is 27.1 Å². The van der Waals surface area contributed by atoms with Crippen LogP contribution in [-0.4, -0.2) is 12.5 Å². The summed E-state index contributed by atoms with van der Waals surface area (Å²) >= 11 is 1.84. The van der Waals surface area contributed by atoms with Crippen LogP contribution in [0.4, 0.5) is 15.8 Å². The molecule has 4 rings (SSSR count). The minimum absolute atomic E-state index is 0.0913. The summed E-state index contributed by atoms with van der Waals surface area (Å²) in [6.45, 7) is 6.02. The maximum absolute atomic E-state index is 13.0. The Morgan fingerprint density at radius 1 is 1.14 bits per heavy atom. The molecule has 2 heterocycles. The van der Waals surface area contributed by atoms with E-state index in [9.17, 15) is 9.18 Å². The smallest absolute Gasteiger partial charge is 0.228 e. The molecule has 1 aliphatic heterocycles. The molecule has 0 aliphatic carbocycles. The van der Waals surface area contributed by atoms with Crippen LogP contribution in [0.15, 0.2) is 47.8 Å². The van der Waals surface area contributed by atoms with Crippen molar-refractivity contribution in [1.29, 1.82) is 0 Å². The number of carbonyl (C=O) groups excluding carboxylic acids is 1. The number of anilines is 2. The van der Waals surface area contributed by atoms with Crippen molar-refractivity contribution in [3.63, 3.8) is 0 Å². The minimum atomic E-state index is -0.293. The second-order valence-corrected chi connectivity index (χ2v) is 8.35. The molecule has 0 bridgehead atoms. The molecule has 1 aromatic heterocycles. The van der Waals surface area contributed by atoms with Gasteiger partial charge in [0.25, 0.3) is 0 Å². The summed E-state index contributed by atoms with van der Waals surface area (Å²) in [5, 5.41) is 5.20. The predicted octanol–water partition coefficient (Wildman–Crippen LogP) is 5.25. The van der Waals surface area contributed by atoms with Crippen molar-refractivity contribution in [2.45, 2.75) is 33.2 Å². The van der Waals surface area contributed by atoms with E-state index in [2.05, 4.69) is 33.8 Å². The molecule has 1 aliphatic rings. The molecule has 0 saturated heterocycles. The normalized spacial score (nSPS) is 13.3. The Labute approximate surface area is 168 Å². The van der Waals surface area contributed by atoms with Crippen molar-refractivity contribution < 1.29 is 9.18 Å². The highest BCUT2D eigenvalue weighted by atomic mass is 32.1. The minimum Gasteiger partial charge on any atom is -0.367 e. The SMILES string of the molecule is Cc1cc(N2CCc3sccc3C2)cc(C)c1NC(=O)Cc1ccc(F)cc1. The number of nitrogens with zero attached hydrogens (tertiary/aromatic N) is 1. The van der Waals surface area contributed by atoms with Crippen molar-refractivity contribution in [3.05, 3.63) is 80.8 Å². The average Bonchev–Trinajstić information content (AvgIpc) is 3.14. The fourth-order valence-electron chi connectivity index (χ4n) is 3.76. The fourth-order valence-corrected chi connectivity index (χ4v) is 4.65. The number of fused-ring (bicyclic) bond motifs is 1. The van der Waals surface area contributed by atoms with Gasteiger partial charge in [-0.05, 0) is 78.2 Å². The Morgan fingerprint density at radius 2 is 1.86 bits per heavy atom. The molecular formula is C23H23FN2OS. The third-order valence-corrected chi connectivity index (χ3v) is 6.26. The summed E-state index contributed by atoms with van der Waals surface area (Å²) < 4.78 is 13.0. The Morgan fingerprint density at radius 3 is 2.57 bits per heavy atom. The molecule has 0 unspecified atom stereocenters. The van der Waals surface area contributed by atoms with Crippen LogP contribution in [0.25, 0.3) is 0 Å². The Balaban J connectivity index is 1.48. The summed E-state index contributed by atoms with van der Waals surface area (Å²) in [5.74, 6) is -0.384.